The Labute approximate surface area is 169 Å². The van der Waals surface area contributed by atoms with Gasteiger partial charge < -0.3 is 10.2 Å². The van der Waals surface area contributed by atoms with E-state index in [-0.39, 0.29) is 5.91 Å². The summed E-state index contributed by atoms with van der Waals surface area (Å²) in [5, 5.41) is 3.52. The topological polar surface area (TPSA) is 35.6 Å². The molecule has 3 rings (SSSR count). The van der Waals surface area contributed by atoms with Gasteiger partial charge in [0.15, 0.2) is 0 Å². The van der Waals surface area contributed by atoms with Crippen molar-refractivity contribution in [2.75, 3.05) is 38.0 Å². The van der Waals surface area contributed by atoms with Gasteiger partial charge in [0.05, 0.1) is 0 Å². The summed E-state index contributed by atoms with van der Waals surface area (Å²) in [6, 6.07) is 17.0. The van der Waals surface area contributed by atoms with E-state index in [0.717, 1.165) is 32.7 Å². The van der Waals surface area contributed by atoms with Crippen LogP contribution in [0.4, 0.5) is 5.69 Å². The molecule has 1 aliphatic rings. The van der Waals surface area contributed by atoms with E-state index in [2.05, 4.69) is 79.5 Å². The highest BCUT2D eigenvalue weighted by atomic mass is 16.2. The van der Waals surface area contributed by atoms with Crippen LogP contribution in [0.1, 0.15) is 42.9 Å². The number of nitrogens with zero attached hydrogens (tertiary/aromatic N) is 2. The van der Waals surface area contributed by atoms with Crippen molar-refractivity contribution in [3.05, 3.63) is 65.2 Å². The van der Waals surface area contributed by atoms with E-state index < -0.39 is 0 Å². The smallest absolute Gasteiger partial charge is 0.224 e. The van der Waals surface area contributed by atoms with Gasteiger partial charge in [-0.3, -0.25) is 9.69 Å². The number of anilines is 1. The number of aryl methyl sites for hydroxylation is 1. The van der Waals surface area contributed by atoms with E-state index >= 15 is 0 Å². The molecule has 0 radical (unpaired) electrons. The zero-order valence-corrected chi connectivity index (χ0v) is 17.4. The van der Waals surface area contributed by atoms with E-state index in [1.54, 1.807) is 0 Å². The van der Waals surface area contributed by atoms with Gasteiger partial charge in [-0.15, -0.1) is 0 Å². The quantitative estimate of drug-likeness (QED) is 0.781. The number of nitrogens with one attached hydrogen (secondary N) is 1. The Morgan fingerprint density at radius 1 is 1.00 bits per heavy atom. The molecule has 0 atom stereocenters. The number of para-hydroxylation sites is 1. The summed E-state index contributed by atoms with van der Waals surface area (Å²) in [5.41, 5.74) is 5.10. The number of hydrogen-bond acceptors (Lipinski definition) is 3. The van der Waals surface area contributed by atoms with Gasteiger partial charge in [0, 0.05) is 51.4 Å². The minimum atomic E-state index is 0.256. The van der Waals surface area contributed by atoms with Crippen molar-refractivity contribution in [1.29, 1.82) is 0 Å². The third-order valence-corrected chi connectivity index (χ3v) is 5.54. The van der Waals surface area contributed by atoms with Crippen molar-refractivity contribution >= 4 is 11.6 Å². The molecule has 4 heteroatoms. The molecule has 2 aromatic rings. The van der Waals surface area contributed by atoms with Gasteiger partial charge in [0.25, 0.3) is 0 Å². The lowest BCUT2D eigenvalue weighted by molar-refractivity contribution is -0.132. The molecule has 0 unspecified atom stereocenters. The van der Waals surface area contributed by atoms with Crippen molar-refractivity contribution in [3.8, 4) is 0 Å². The predicted molar refractivity (Wildman–Crippen MR) is 117 cm³/mol. The average molecular weight is 380 g/mol. The summed E-state index contributed by atoms with van der Waals surface area (Å²) < 4.78 is 0. The first-order valence-corrected chi connectivity index (χ1v) is 10.4. The molecule has 0 bridgehead atoms. The van der Waals surface area contributed by atoms with Gasteiger partial charge in [-0.2, -0.15) is 0 Å². The summed E-state index contributed by atoms with van der Waals surface area (Å²) in [6.45, 7) is 11.7. The van der Waals surface area contributed by atoms with Crippen LogP contribution in [0, 0.1) is 6.92 Å². The molecule has 4 nitrogen and oxygen atoms in total. The number of rotatable bonds is 7. The Balaban J connectivity index is 1.44. The first-order valence-electron chi connectivity index (χ1n) is 10.4. The summed E-state index contributed by atoms with van der Waals surface area (Å²) in [6.07, 6.45) is 0.546. The Hall–Kier alpha value is -2.33. The SMILES string of the molecule is Cc1cccc(C(C)C)c1NCCC(=O)N1CCN(Cc2ccccc2)CC1. The molecular formula is C24H33N3O. The molecule has 150 valence electrons. The van der Waals surface area contributed by atoms with Crippen molar-refractivity contribution in [2.24, 2.45) is 0 Å². The zero-order valence-electron chi connectivity index (χ0n) is 17.4. The van der Waals surface area contributed by atoms with E-state index in [1.807, 2.05) is 4.90 Å². The molecule has 1 amide bonds. The van der Waals surface area contributed by atoms with Crippen LogP contribution in [-0.2, 0) is 11.3 Å². The van der Waals surface area contributed by atoms with Gasteiger partial charge in [-0.25, -0.2) is 0 Å². The predicted octanol–water partition coefficient (Wildman–Crippen LogP) is 4.26. The number of piperazine rings is 1. The highest BCUT2D eigenvalue weighted by molar-refractivity contribution is 5.77. The first kappa shape index (κ1) is 20.4. The van der Waals surface area contributed by atoms with Gasteiger partial charge >= 0.3 is 0 Å². The minimum Gasteiger partial charge on any atom is -0.384 e. The second kappa shape index (κ2) is 9.74. The number of carbonyl (C=O) groups excluding carboxylic acids is 1. The monoisotopic (exact) mass is 379 g/mol. The van der Waals surface area contributed by atoms with E-state index in [4.69, 9.17) is 0 Å². The highest BCUT2D eigenvalue weighted by Gasteiger charge is 2.21. The maximum Gasteiger partial charge on any atom is 0.224 e. The fourth-order valence-corrected chi connectivity index (χ4v) is 3.86. The Kier molecular flexibility index (Phi) is 7.10. The first-order chi connectivity index (χ1) is 13.5. The van der Waals surface area contributed by atoms with Crippen molar-refractivity contribution in [2.45, 2.75) is 39.7 Å². The molecule has 1 heterocycles. The second-order valence-corrected chi connectivity index (χ2v) is 8.01. The molecule has 1 fully saturated rings. The third-order valence-electron chi connectivity index (χ3n) is 5.54. The van der Waals surface area contributed by atoms with E-state index in [1.165, 1.54) is 22.4 Å². The van der Waals surface area contributed by atoms with Crippen LogP contribution in [0.2, 0.25) is 0 Å². The third kappa shape index (κ3) is 5.35. The standard InChI is InChI=1S/C24H33N3O/c1-19(2)22-11-7-8-20(3)24(22)25-13-12-23(28)27-16-14-26(15-17-27)18-21-9-5-4-6-10-21/h4-11,19,25H,12-18H2,1-3H3. The lowest BCUT2D eigenvalue weighted by atomic mass is 9.98. The number of amides is 1. The molecule has 1 saturated heterocycles. The molecule has 2 aromatic carbocycles. The average Bonchev–Trinajstić information content (AvgIpc) is 2.70. The van der Waals surface area contributed by atoms with Crippen LogP contribution in [0.25, 0.3) is 0 Å². The Bertz CT molecular complexity index is 765. The molecule has 0 spiro atoms. The largest absolute Gasteiger partial charge is 0.384 e. The Morgan fingerprint density at radius 2 is 1.71 bits per heavy atom. The maximum absolute atomic E-state index is 12.6. The molecule has 0 aromatic heterocycles. The summed E-state index contributed by atoms with van der Waals surface area (Å²) >= 11 is 0. The second-order valence-electron chi connectivity index (χ2n) is 8.01. The normalized spacial score (nSPS) is 15.1. The van der Waals surface area contributed by atoms with Crippen LogP contribution < -0.4 is 5.32 Å². The van der Waals surface area contributed by atoms with Gasteiger partial charge in [-0.05, 0) is 29.5 Å². The van der Waals surface area contributed by atoms with E-state index in [9.17, 15) is 4.79 Å². The Morgan fingerprint density at radius 3 is 2.39 bits per heavy atom. The zero-order chi connectivity index (χ0) is 19.9. The summed E-state index contributed by atoms with van der Waals surface area (Å²) in [5.74, 6) is 0.724. The van der Waals surface area contributed by atoms with Crippen LogP contribution in [0.15, 0.2) is 48.5 Å². The fraction of sp³-hybridized carbons (Fsp3) is 0.458. The van der Waals surface area contributed by atoms with Crippen LogP contribution in [-0.4, -0.2) is 48.4 Å². The number of hydrogen-bond donors (Lipinski definition) is 1. The molecule has 0 aliphatic carbocycles. The molecular weight excluding hydrogens is 346 g/mol. The highest BCUT2D eigenvalue weighted by Crippen LogP contribution is 2.27. The number of carbonyl (C=O) groups is 1. The molecule has 1 aliphatic heterocycles. The summed E-state index contributed by atoms with van der Waals surface area (Å²) in [4.78, 5) is 17.1. The van der Waals surface area contributed by atoms with E-state index in [0.29, 0.717) is 18.9 Å². The van der Waals surface area contributed by atoms with Crippen molar-refractivity contribution in [1.82, 2.24) is 9.80 Å². The summed E-state index contributed by atoms with van der Waals surface area (Å²) in [7, 11) is 0. The van der Waals surface area contributed by atoms with Crippen LogP contribution in [0.3, 0.4) is 0 Å². The van der Waals surface area contributed by atoms with Crippen molar-refractivity contribution in [3.63, 3.8) is 0 Å². The van der Waals surface area contributed by atoms with Crippen LogP contribution >= 0.6 is 0 Å². The van der Waals surface area contributed by atoms with Gasteiger partial charge in [0.1, 0.15) is 0 Å². The maximum atomic E-state index is 12.6. The molecule has 28 heavy (non-hydrogen) atoms. The number of benzene rings is 2. The molecule has 0 saturated carbocycles. The lowest BCUT2D eigenvalue weighted by Crippen LogP contribution is -2.48. The minimum absolute atomic E-state index is 0.256. The molecule has 1 N–H and O–H groups in total. The van der Waals surface area contributed by atoms with Gasteiger partial charge in [-0.1, -0.05) is 62.4 Å². The fourth-order valence-electron chi connectivity index (χ4n) is 3.86. The lowest BCUT2D eigenvalue weighted by Gasteiger charge is -2.35. The van der Waals surface area contributed by atoms with Gasteiger partial charge in [0.2, 0.25) is 5.91 Å². The van der Waals surface area contributed by atoms with Crippen molar-refractivity contribution < 1.29 is 4.79 Å². The van der Waals surface area contributed by atoms with Crippen LogP contribution in [0.5, 0.6) is 0 Å².